The summed E-state index contributed by atoms with van der Waals surface area (Å²) in [6.45, 7) is 1.55. The molecule has 1 heterocycles. The number of carbonyl (C=O) groups excluding carboxylic acids is 1. The summed E-state index contributed by atoms with van der Waals surface area (Å²) in [5.74, 6) is -0.602. The molecule has 0 saturated carbocycles. The van der Waals surface area contributed by atoms with Crippen LogP contribution in [0.2, 0.25) is 0 Å². The molecule has 10 heteroatoms. The van der Waals surface area contributed by atoms with Crippen molar-refractivity contribution in [1.29, 1.82) is 0 Å². The number of hydrogen-bond donors (Lipinski definition) is 1. The molecule has 9 nitrogen and oxygen atoms in total. The molecule has 2 aromatic carbocycles. The van der Waals surface area contributed by atoms with Gasteiger partial charge in [-0.3, -0.25) is 9.10 Å². The lowest BCUT2D eigenvalue weighted by atomic mass is 10.2. The smallest absolute Gasteiger partial charge is 0.285 e. The Hall–Kier alpha value is -3.40. The van der Waals surface area contributed by atoms with Crippen LogP contribution >= 0.6 is 0 Å². The lowest BCUT2D eigenvalue weighted by Crippen LogP contribution is -2.34. The molecule has 0 radical (unpaired) electrons. The summed E-state index contributed by atoms with van der Waals surface area (Å²) < 4.78 is 32.6. The first kappa shape index (κ1) is 21.3. The van der Waals surface area contributed by atoms with E-state index in [1.54, 1.807) is 56.4 Å². The number of nitrogens with zero attached hydrogens (tertiary/aromatic N) is 4. The molecule has 1 aromatic heterocycles. The molecular weight excluding hydrogens is 408 g/mol. The number of azo groups is 1. The van der Waals surface area contributed by atoms with Crippen LogP contribution in [0.3, 0.4) is 0 Å². The van der Waals surface area contributed by atoms with Gasteiger partial charge in [0.05, 0.1) is 24.1 Å². The van der Waals surface area contributed by atoms with Crippen LogP contribution < -0.4 is 9.04 Å². The first-order valence-corrected chi connectivity index (χ1v) is 11.0. The predicted octanol–water partition coefficient (Wildman–Crippen LogP) is 3.36. The van der Waals surface area contributed by atoms with Gasteiger partial charge < -0.3 is 14.4 Å². The van der Waals surface area contributed by atoms with Crippen LogP contribution in [-0.4, -0.2) is 43.4 Å². The van der Waals surface area contributed by atoms with Gasteiger partial charge in [-0.05, 0) is 25.1 Å². The normalized spacial score (nSPS) is 11.8. The van der Waals surface area contributed by atoms with E-state index in [-0.39, 0.29) is 17.3 Å². The number of rotatable bonds is 7. The van der Waals surface area contributed by atoms with Gasteiger partial charge in [0.1, 0.15) is 12.3 Å². The van der Waals surface area contributed by atoms with Crippen molar-refractivity contribution >= 4 is 38.2 Å². The molecule has 3 aromatic rings. The number of hydrogen-bond acceptors (Lipinski definition) is 6. The number of fused-ring (bicyclic) bond motifs is 1. The number of benzene rings is 2. The lowest BCUT2D eigenvalue weighted by Gasteiger charge is -2.22. The quantitative estimate of drug-likeness (QED) is 0.578. The summed E-state index contributed by atoms with van der Waals surface area (Å²) in [7, 11) is -2.14. The number of aromatic nitrogens is 1. The molecule has 0 saturated heterocycles. The Morgan fingerprint density at radius 2 is 1.83 bits per heavy atom. The minimum Gasteiger partial charge on any atom is -0.493 e. The van der Waals surface area contributed by atoms with E-state index in [2.05, 4.69) is 10.2 Å². The van der Waals surface area contributed by atoms with Gasteiger partial charge >= 0.3 is 0 Å². The van der Waals surface area contributed by atoms with Crippen molar-refractivity contribution in [3.05, 3.63) is 48.5 Å². The van der Waals surface area contributed by atoms with Crippen LogP contribution in [0.4, 0.5) is 11.4 Å². The molecule has 1 amide bonds. The van der Waals surface area contributed by atoms with Crippen molar-refractivity contribution in [2.75, 3.05) is 23.7 Å². The molecule has 0 atom stereocenters. The van der Waals surface area contributed by atoms with E-state index >= 15 is 0 Å². The van der Waals surface area contributed by atoms with E-state index in [1.165, 1.54) is 4.57 Å². The summed E-state index contributed by atoms with van der Waals surface area (Å²) in [5.41, 5.74) is 1.10. The standard InChI is InChI=1S/C20H22N4O5S/c1-4-29-17-12-8-7-11-16(17)24(30(3,27)28)13-18(25)21-22-19-14-9-5-6-10-15(14)23(2)20(19)26/h5-12,26H,4,13H2,1-3H3. The van der Waals surface area contributed by atoms with Gasteiger partial charge in [-0.25, -0.2) is 8.42 Å². The zero-order chi connectivity index (χ0) is 21.9. The molecule has 0 unspecified atom stereocenters. The van der Waals surface area contributed by atoms with Crippen LogP contribution in [0, 0.1) is 0 Å². The van der Waals surface area contributed by atoms with Crippen LogP contribution in [0.25, 0.3) is 10.9 Å². The number of aromatic hydroxyl groups is 1. The van der Waals surface area contributed by atoms with E-state index < -0.39 is 22.5 Å². The largest absolute Gasteiger partial charge is 0.493 e. The van der Waals surface area contributed by atoms with Crippen molar-refractivity contribution in [3.63, 3.8) is 0 Å². The molecule has 0 fully saturated rings. The van der Waals surface area contributed by atoms with Crippen molar-refractivity contribution in [2.24, 2.45) is 17.3 Å². The lowest BCUT2D eigenvalue weighted by molar-refractivity contribution is -0.116. The number of carbonyl (C=O) groups is 1. The third-order valence-corrected chi connectivity index (χ3v) is 5.55. The molecule has 0 aliphatic carbocycles. The summed E-state index contributed by atoms with van der Waals surface area (Å²) in [6.07, 6.45) is 0.997. The first-order chi connectivity index (χ1) is 14.2. The summed E-state index contributed by atoms with van der Waals surface area (Å²) in [4.78, 5) is 12.5. The fourth-order valence-electron chi connectivity index (χ4n) is 3.04. The summed E-state index contributed by atoms with van der Waals surface area (Å²) >= 11 is 0. The van der Waals surface area contributed by atoms with E-state index in [4.69, 9.17) is 4.74 Å². The number of anilines is 1. The van der Waals surface area contributed by atoms with E-state index in [0.29, 0.717) is 17.7 Å². The number of aryl methyl sites for hydroxylation is 1. The Bertz CT molecular complexity index is 1220. The maximum absolute atomic E-state index is 12.5. The monoisotopic (exact) mass is 430 g/mol. The van der Waals surface area contributed by atoms with Gasteiger partial charge in [0.15, 0.2) is 5.69 Å². The maximum Gasteiger partial charge on any atom is 0.285 e. The van der Waals surface area contributed by atoms with Crippen molar-refractivity contribution in [3.8, 4) is 11.6 Å². The zero-order valence-corrected chi connectivity index (χ0v) is 17.6. The van der Waals surface area contributed by atoms with Gasteiger partial charge in [-0.15, -0.1) is 10.2 Å². The topological polar surface area (TPSA) is 114 Å². The van der Waals surface area contributed by atoms with Gasteiger partial charge in [-0.2, -0.15) is 0 Å². The van der Waals surface area contributed by atoms with Gasteiger partial charge in [0, 0.05) is 12.4 Å². The van der Waals surface area contributed by atoms with Crippen LogP contribution in [0.15, 0.2) is 58.8 Å². The number of ether oxygens (including phenoxy) is 1. The van der Waals surface area contributed by atoms with Crippen LogP contribution in [0.1, 0.15) is 6.92 Å². The Morgan fingerprint density at radius 3 is 2.53 bits per heavy atom. The molecular formula is C20H22N4O5S. The third kappa shape index (κ3) is 4.28. The van der Waals surface area contributed by atoms with Crippen molar-refractivity contribution < 1.29 is 23.1 Å². The van der Waals surface area contributed by atoms with E-state index in [1.807, 2.05) is 6.07 Å². The molecule has 0 aliphatic rings. The highest BCUT2D eigenvalue weighted by Crippen LogP contribution is 2.37. The SMILES string of the molecule is CCOc1ccccc1N(CC(=O)N=Nc1c(O)n(C)c2ccccc12)S(C)(=O)=O. The molecule has 30 heavy (non-hydrogen) atoms. The van der Waals surface area contributed by atoms with E-state index in [0.717, 1.165) is 16.1 Å². The summed E-state index contributed by atoms with van der Waals surface area (Å²) in [6, 6.07) is 13.7. The van der Waals surface area contributed by atoms with Gasteiger partial charge in [0.2, 0.25) is 15.9 Å². The molecule has 1 N–H and O–H groups in total. The Kier molecular flexibility index (Phi) is 6.06. The van der Waals surface area contributed by atoms with E-state index in [9.17, 15) is 18.3 Å². The molecule has 3 rings (SSSR count). The highest BCUT2D eigenvalue weighted by molar-refractivity contribution is 7.92. The molecule has 0 aliphatic heterocycles. The minimum absolute atomic E-state index is 0.141. The highest BCUT2D eigenvalue weighted by Gasteiger charge is 2.24. The fourth-order valence-corrected chi connectivity index (χ4v) is 3.89. The van der Waals surface area contributed by atoms with Crippen LogP contribution in [-0.2, 0) is 21.9 Å². The Morgan fingerprint density at radius 1 is 1.17 bits per heavy atom. The number of para-hydroxylation sites is 3. The third-order valence-electron chi connectivity index (χ3n) is 4.42. The molecule has 0 bridgehead atoms. The van der Waals surface area contributed by atoms with Crippen LogP contribution in [0.5, 0.6) is 11.6 Å². The molecule has 0 spiro atoms. The second kappa shape index (κ2) is 8.54. The second-order valence-corrected chi connectivity index (χ2v) is 8.42. The van der Waals surface area contributed by atoms with Gasteiger partial charge in [-0.1, -0.05) is 30.3 Å². The maximum atomic E-state index is 12.5. The number of sulfonamides is 1. The van der Waals surface area contributed by atoms with Crippen molar-refractivity contribution in [1.82, 2.24) is 4.57 Å². The average Bonchev–Trinajstić information content (AvgIpc) is 2.95. The minimum atomic E-state index is -3.80. The predicted molar refractivity (Wildman–Crippen MR) is 114 cm³/mol. The zero-order valence-electron chi connectivity index (χ0n) is 16.8. The summed E-state index contributed by atoms with van der Waals surface area (Å²) in [5, 5.41) is 18.4. The highest BCUT2D eigenvalue weighted by atomic mass is 32.2. The van der Waals surface area contributed by atoms with Gasteiger partial charge in [0.25, 0.3) is 5.91 Å². The number of amides is 1. The molecule has 158 valence electrons. The van der Waals surface area contributed by atoms with Crippen molar-refractivity contribution in [2.45, 2.75) is 6.92 Å². The average molecular weight is 430 g/mol. The second-order valence-electron chi connectivity index (χ2n) is 6.51. The Labute approximate surface area is 174 Å². The fraction of sp³-hybridized carbons (Fsp3) is 0.250. The Balaban J connectivity index is 1.91. The first-order valence-electron chi connectivity index (χ1n) is 9.14.